The van der Waals surface area contributed by atoms with Crippen molar-refractivity contribution in [2.75, 3.05) is 26.7 Å². The summed E-state index contributed by atoms with van der Waals surface area (Å²) in [5.74, 6) is -1.29. The highest BCUT2D eigenvalue weighted by atomic mass is 16.5. The quantitative estimate of drug-likeness (QED) is 0.0653. The van der Waals surface area contributed by atoms with Gasteiger partial charge in [0.2, 0.25) is 5.91 Å². The van der Waals surface area contributed by atoms with Gasteiger partial charge in [-0.25, -0.2) is 14.6 Å². The fraction of sp³-hybridized carbons (Fsp3) is 0.388. The molecule has 6 rings (SSSR count). The average Bonchev–Trinajstić information content (AvgIpc) is 3.66. The summed E-state index contributed by atoms with van der Waals surface area (Å²) in [6.45, 7) is 9.05. The van der Waals surface area contributed by atoms with Crippen molar-refractivity contribution >= 4 is 34.8 Å². The van der Waals surface area contributed by atoms with Crippen molar-refractivity contribution in [1.29, 1.82) is 0 Å². The maximum Gasteiger partial charge on any atom is 0.407 e. The van der Waals surface area contributed by atoms with Gasteiger partial charge in [-0.3, -0.25) is 25.0 Å². The minimum Gasteiger partial charge on any atom is -0.453 e. The van der Waals surface area contributed by atoms with E-state index in [-0.39, 0.29) is 43.3 Å². The first-order valence-corrected chi connectivity index (χ1v) is 21.8. The molecule has 5 aromatic rings. The minimum absolute atomic E-state index is 0.0919. The number of pyridine rings is 2. The number of aliphatic hydroxyl groups excluding tert-OH is 1. The zero-order chi connectivity index (χ0) is 44.9. The van der Waals surface area contributed by atoms with Crippen LogP contribution in [0.5, 0.6) is 0 Å². The number of nitrogens with zero attached hydrogens (tertiary/aromatic N) is 5. The molecule has 6 atom stereocenters. The number of urea groups is 1. The van der Waals surface area contributed by atoms with Gasteiger partial charge in [-0.2, -0.15) is 0 Å². The van der Waals surface area contributed by atoms with Crippen LogP contribution in [0, 0.1) is 11.8 Å². The lowest BCUT2D eigenvalue weighted by atomic mass is 9.95. The number of aliphatic hydroxyl groups is 1. The number of hydrazine groups is 1. The van der Waals surface area contributed by atoms with Crippen molar-refractivity contribution in [3.8, 4) is 11.1 Å². The van der Waals surface area contributed by atoms with Crippen LogP contribution in [0.3, 0.4) is 0 Å². The number of hydrogen-bond donors (Lipinski definition) is 4. The van der Waals surface area contributed by atoms with Crippen LogP contribution in [0.1, 0.15) is 57.2 Å². The van der Waals surface area contributed by atoms with Crippen LogP contribution in [-0.2, 0) is 33.8 Å². The van der Waals surface area contributed by atoms with E-state index in [1.807, 2.05) is 125 Å². The van der Waals surface area contributed by atoms with Gasteiger partial charge in [-0.05, 0) is 70.3 Å². The molecule has 332 valence electrons. The van der Waals surface area contributed by atoms with Crippen molar-refractivity contribution in [2.45, 2.75) is 84.3 Å². The molecule has 0 spiro atoms. The summed E-state index contributed by atoms with van der Waals surface area (Å²) in [6, 6.07) is 28.3. The monoisotopic (exact) mass is 856 g/mol. The van der Waals surface area contributed by atoms with E-state index in [0.717, 1.165) is 38.7 Å². The Kier molecular flexibility index (Phi) is 16.2. The van der Waals surface area contributed by atoms with Gasteiger partial charge in [-0.1, -0.05) is 113 Å². The van der Waals surface area contributed by atoms with Crippen LogP contribution in [0.25, 0.3) is 22.0 Å². The lowest BCUT2D eigenvalue weighted by molar-refractivity contribution is -0.132. The van der Waals surface area contributed by atoms with E-state index in [1.54, 1.807) is 33.4 Å². The molecule has 1 fully saturated rings. The number of methoxy groups -OCH3 is 1. The van der Waals surface area contributed by atoms with Crippen LogP contribution < -0.4 is 16.1 Å². The number of aromatic nitrogens is 2. The Morgan fingerprint density at radius 2 is 1.48 bits per heavy atom. The summed E-state index contributed by atoms with van der Waals surface area (Å²) < 4.78 is 4.84. The lowest BCUT2D eigenvalue weighted by Crippen LogP contribution is -2.59. The molecule has 0 aliphatic carbocycles. The average molecular weight is 857 g/mol. The molecule has 1 aliphatic heterocycles. The predicted octanol–water partition coefficient (Wildman–Crippen LogP) is 6.34. The van der Waals surface area contributed by atoms with E-state index in [9.17, 15) is 24.3 Å². The SMILES string of the molecule is CC[C@H](C)[C@H](NC(=O)OC)C(=O)NN(Cc1ccc(-c2ccncc2)cc1)C[C@H](O)[C@H](Cc1ccccc1)NC(=O)[C@H]([C@@H](C)CC)N1CCN(Cc2ccnc3ccccc23)C1=O. The summed E-state index contributed by atoms with van der Waals surface area (Å²) in [5.41, 5.74) is 8.53. The second-order valence-electron chi connectivity index (χ2n) is 16.4. The summed E-state index contributed by atoms with van der Waals surface area (Å²) >= 11 is 0. The Hall–Kier alpha value is -6.38. The lowest BCUT2D eigenvalue weighted by Gasteiger charge is -2.35. The van der Waals surface area contributed by atoms with Crippen LogP contribution in [0.2, 0.25) is 0 Å². The Labute approximate surface area is 370 Å². The molecule has 0 unspecified atom stereocenters. The molecule has 14 nitrogen and oxygen atoms in total. The fourth-order valence-corrected chi connectivity index (χ4v) is 8.04. The standard InChI is InChI=1S/C49H60N8O6/c1-6-33(3)44(53-48(61)63-5)46(59)54-56(30-36-17-19-37(20-18-36)38-21-24-50-25-22-38)32-43(58)42(29-35-13-9-8-10-14-35)52-47(60)45(34(4)7-2)57-28-27-55(49(57)62)31-39-23-26-51-41-16-12-11-15-40(39)41/h8-26,33-34,42-45,58H,6-7,27-32H2,1-5H3,(H,52,60)(H,53,61)(H,54,59)/t33-,34-,42-,43-,44-,45-/m0/s1. The number of carbonyl (C=O) groups excluding carboxylic acids is 4. The van der Waals surface area contributed by atoms with E-state index >= 15 is 0 Å². The minimum atomic E-state index is -1.20. The van der Waals surface area contributed by atoms with Gasteiger partial charge < -0.3 is 30.3 Å². The van der Waals surface area contributed by atoms with E-state index in [0.29, 0.717) is 32.5 Å². The van der Waals surface area contributed by atoms with Crippen molar-refractivity contribution in [2.24, 2.45) is 11.8 Å². The Bertz CT molecular complexity index is 2280. The van der Waals surface area contributed by atoms with E-state index in [2.05, 4.69) is 26.0 Å². The fourth-order valence-electron chi connectivity index (χ4n) is 8.04. The van der Waals surface area contributed by atoms with Gasteiger partial charge in [0.15, 0.2) is 0 Å². The maximum absolute atomic E-state index is 14.7. The highest BCUT2D eigenvalue weighted by Gasteiger charge is 2.41. The van der Waals surface area contributed by atoms with Gasteiger partial charge in [0, 0.05) is 56.7 Å². The number of nitrogens with one attached hydrogen (secondary N) is 3. The van der Waals surface area contributed by atoms with Gasteiger partial charge in [0.25, 0.3) is 5.91 Å². The number of benzene rings is 3. The molecular formula is C49H60N8O6. The number of rotatable bonds is 20. The first kappa shape index (κ1) is 46.1. The molecule has 0 saturated carbocycles. The maximum atomic E-state index is 14.7. The van der Waals surface area contributed by atoms with Crippen molar-refractivity contribution in [1.82, 2.24) is 40.8 Å². The normalized spacial score (nSPS) is 15.6. The van der Waals surface area contributed by atoms with Crippen LogP contribution >= 0.6 is 0 Å². The summed E-state index contributed by atoms with van der Waals surface area (Å²) in [6.07, 6.45) is 4.79. The van der Waals surface area contributed by atoms with Crippen molar-refractivity contribution in [3.05, 3.63) is 132 Å². The molecule has 1 saturated heterocycles. The van der Waals surface area contributed by atoms with Gasteiger partial charge in [-0.15, -0.1) is 0 Å². The number of fused-ring (bicyclic) bond motifs is 1. The molecule has 0 bridgehead atoms. The number of amides is 5. The summed E-state index contributed by atoms with van der Waals surface area (Å²) in [7, 11) is 1.24. The topological polar surface area (TPSA) is 169 Å². The molecule has 1 aliphatic rings. The number of para-hydroxylation sites is 1. The second-order valence-corrected chi connectivity index (χ2v) is 16.4. The van der Waals surface area contributed by atoms with Crippen LogP contribution in [0.15, 0.2) is 116 Å². The molecule has 63 heavy (non-hydrogen) atoms. The number of alkyl carbamates (subject to hydrolysis) is 1. The van der Waals surface area contributed by atoms with E-state index < -0.39 is 36.2 Å². The summed E-state index contributed by atoms with van der Waals surface area (Å²) in [5, 5.41) is 20.7. The van der Waals surface area contributed by atoms with Crippen molar-refractivity contribution in [3.63, 3.8) is 0 Å². The Balaban J connectivity index is 1.25. The zero-order valence-corrected chi connectivity index (χ0v) is 36.8. The van der Waals surface area contributed by atoms with Gasteiger partial charge >= 0.3 is 12.1 Å². The molecule has 4 N–H and O–H groups in total. The highest BCUT2D eigenvalue weighted by Crippen LogP contribution is 2.26. The molecule has 3 aromatic carbocycles. The summed E-state index contributed by atoms with van der Waals surface area (Å²) in [4.78, 5) is 67.2. The molecule has 0 radical (unpaired) electrons. The van der Waals surface area contributed by atoms with Crippen LogP contribution in [-0.4, -0.2) is 105 Å². The first-order valence-electron chi connectivity index (χ1n) is 21.8. The third-order valence-corrected chi connectivity index (χ3v) is 12.1. The second kappa shape index (κ2) is 22.1. The van der Waals surface area contributed by atoms with Gasteiger partial charge in [0.1, 0.15) is 12.1 Å². The third kappa shape index (κ3) is 12.0. The smallest absolute Gasteiger partial charge is 0.407 e. The van der Waals surface area contributed by atoms with Gasteiger partial charge in [0.05, 0.1) is 24.8 Å². The molecule has 2 aromatic heterocycles. The van der Waals surface area contributed by atoms with Crippen molar-refractivity contribution < 1.29 is 29.0 Å². The Morgan fingerprint density at radius 1 is 0.794 bits per heavy atom. The number of carbonyl (C=O) groups is 4. The van der Waals surface area contributed by atoms with Crippen LogP contribution in [0.4, 0.5) is 9.59 Å². The predicted molar refractivity (Wildman–Crippen MR) is 243 cm³/mol. The zero-order valence-electron chi connectivity index (χ0n) is 36.8. The molecular weight excluding hydrogens is 797 g/mol. The van der Waals surface area contributed by atoms with E-state index in [4.69, 9.17) is 4.74 Å². The van der Waals surface area contributed by atoms with E-state index in [1.165, 1.54) is 7.11 Å². The first-order chi connectivity index (χ1) is 30.5. The third-order valence-electron chi connectivity index (χ3n) is 12.1. The largest absolute Gasteiger partial charge is 0.453 e. The number of hydrogen-bond acceptors (Lipinski definition) is 9. The highest BCUT2D eigenvalue weighted by molar-refractivity contribution is 5.89. The molecule has 5 amide bonds. The molecule has 3 heterocycles. The number of ether oxygens (including phenoxy) is 1. The Morgan fingerprint density at radius 3 is 2.17 bits per heavy atom. The molecule has 14 heteroatoms.